The minimum Gasteiger partial charge on any atom is -0.442 e. The summed E-state index contributed by atoms with van der Waals surface area (Å²) in [5.41, 5.74) is 0. The zero-order chi connectivity index (χ0) is 5.91. The van der Waals surface area contributed by atoms with Crippen LogP contribution in [0.25, 0.3) is 0 Å². The van der Waals surface area contributed by atoms with Crippen molar-refractivity contribution in [3.05, 3.63) is 0 Å². The summed E-state index contributed by atoms with van der Waals surface area (Å²) in [7, 11) is -2.47. The molecule has 0 aliphatic carbocycles. The van der Waals surface area contributed by atoms with E-state index in [1.807, 2.05) is 6.55 Å². The lowest BCUT2D eigenvalue weighted by Crippen LogP contribution is -2.30. The lowest BCUT2D eigenvalue weighted by atomic mass is 11.9. The lowest BCUT2D eigenvalue weighted by molar-refractivity contribution is 0.406. The lowest BCUT2D eigenvalue weighted by Gasteiger charge is -2.12. The first-order chi connectivity index (χ1) is 3.06. The summed E-state index contributed by atoms with van der Waals surface area (Å²) in [4.78, 5) is 8.97. The quantitative estimate of drug-likeness (QED) is 0.534. The van der Waals surface area contributed by atoms with Crippen molar-refractivity contribution in [3.63, 3.8) is 0 Å². The van der Waals surface area contributed by atoms with Gasteiger partial charge < -0.3 is 8.91 Å². The van der Waals surface area contributed by atoms with Gasteiger partial charge in [0.05, 0.1) is 0 Å². The smallest absolute Gasteiger partial charge is 0.318 e. The van der Waals surface area contributed by atoms with Crippen LogP contribution in [0.1, 0.15) is 0 Å². The summed E-state index contributed by atoms with van der Waals surface area (Å²) in [6, 6.07) is 0. The highest BCUT2D eigenvalue weighted by molar-refractivity contribution is 6.67. The van der Waals surface area contributed by atoms with E-state index in [0.29, 0.717) is 0 Å². The molecular weight excluding hydrogens is 124 g/mol. The van der Waals surface area contributed by atoms with Gasteiger partial charge in [-0.2, -0.15) is 0 Å². The Morgan fingerprint density at radius 3 is 2.00 bits per heavy atom. The Balaban J connectivity index is 3.15. The van der Waals surface area contributed by atoms with E-state index >= 15 is 0 Å². The molecule has 0 aliphatic heterocycles. The fraction of sp³-hybridized carbons (Fsp3) is 1.00. The van der Waals surface area contributed by atoms with Gasteiger partial charge in [0.15, 0.2) is 0 Å². The van der Waals surface area contributed by atoms with Crippen molar-refractivity contribution in [1.82, 2.24) is 0 Å². The predicted octanol–water partition coefficient (Wildman–Crippen LogP) is -0.171. The molecule has 0 heterocycles. The average molecular weight is 136 g/mol. The second-order valence-corrected chi connectivity index (χ2v) is 6.51. The summed E-state index contributed by atoms with van der Waals surface area (Å²) >= 11 is 0. The number of hydrogen-bond donors (Lipinski definition) is 1. The molecule has 2 nitrogen and oxygen atoms in total. The van der Waals surface area contributed by atoms with Crippen molar-refractivity contribution in [2.24, 2.45) is 0 Å². The SMILES string of the molecule is C[SiH2]O[Si](C)(C)O. The maximum atomic E-state index is 8.97. The van der Waals surface area contributed by atoms with Crippen molar-refractivity contribution >= 4 is 18.3 Å². The van der Waals surface area contributed by atoms with Crippen LogP contribution in [0, 0.1) is 0 Å². The van der Waals surface area contributed by atoms with Gasteiger partial charge in [0.2, 0.25) is 0 Å². The third-order valence-electron chi connectivity index (χ3n) is 0.498. The molecule has 0 fully saturated rings. The molecule has 0 amide bonds. The molecule has 0 saturated carbocycles. The van der Waals surface area contributed by atoms with E-state index in [-0.39, 0.29) is 9.76 Å². The fourth-order valence-corrected chi connectivity index (χ4v) is 3.18. The topological polar surface area (TPSA) is 29.5 Å². The maximum Gasteiger partial charge on any atom is 0.318 e. The zero-order valence-corrected chi connectivity index (χ0v) is 7.48. The Labute approximate surface area is 47.7 Å². The molecule has 0 rings (SSSR count). The van der Waals surface area contributed by atoms with Gasteiger partial charge in [-0.3, -0.25) is 0 Å². The van der Waals surface area contributed by atoms with Crippen molar-refractivity contribution in [3.8, 4) is 0 Å². The highest BCUT2D eigenvalue weighted by Crippen LogP contribution is 1.94. The van der Waals surface area contributed by atoms with Gasteiger partial charge in [0.25, 0.3) is 0 Å². The van der Waals surface area contributed by atoms with Crippen LogP contribution in [0.5, 0.6) is 0 Å². The van der Waals surface area contributed by atoms with Crippen LogP contribution in [0.2, 0.25) is 19.6 Å². The summed E-state index contributed by atoms with van der Waals surface area (Å²) in [5.74, 6) is 0. The standard InChI is InChI=1S/C3H12O2Si2/c1-6-5-7(2,3)4/h4H,6H2,1-3H3. The molecule has 0 aliphatic rings. The monoisotopic (exact) mass is 136 g/mol. The molecule has 4 heteroatoms. The number of hydrogen-bond acceptors (Lipinski definition) is 2. The average Bonchev–Trinajstić information content (AvgIpc) is 1.30. The van der Waals surface area contributed by atoms with E-state index in [2.05, 4.69) is 0 Å². The van der Waals surface area contributed by atoms with Crippen molar-refractivity contribution < 1.29 is 8.91 Å². The van der Waals surface area contributed by atoms with Gasteiger partial charge >= 0.3 is 8.56 Å². The first-order valence-electron chi connectivity index (χ1n) is 2.42. The normalized spacial score (nSPS) is 13.7. The molecule has 0 aromatic heterocycles. The summed E-state index contributed by atoms with van der Waals surface area (Å²) < 4.78 is 5.06. The Hall–Kier alpha value is 0.354. The van der Waals surface area contributed by atoms with Crippen LogP contribution in [0.15, 0.2) is 0 Å². The Morgan fingerprint density at radius 2 is 2.00 bits per heavy atom. The highest BCUT2D eigenvalue weighted by atomic mass is 28.4. The van der Waals surface area contributed by atoms with E-state index in [1.54, 1.807) is 13.1 Å². The van der Waals surface area contributed by atoms with Gasteiger partial charge in [-0.05, 0) is 13.1 Å². The van der Waals surface area contributed by atoms with Gasteiger partial charge in [0.1, 0.15) is 9.76 Å². The minimum atomic E-state index is -2.10. The Morgan fingerprint density at radius 1 is 1.57 bits per heavy atom. The van der Waals surface area contributed by atoms with Gasteiger partial charge in [-0.25, -0.2) is 0 Å². The molecule has 44 valence electrons. The molecule has 1 N–H and O–H groups in total. The zero-order valence-electron chi connectivity index (χ0n) is 5.06. The molecule has 0 aromatic rings. The molecular formula is C3H12O2Si2. The molecule has 0 saturated heterocycles. The van der Waals surface area contributed by atoms with E-state index < -0.39 is 8.56 Å². The van der Waals surface area contributed by atoms with Crippen LogP contribution < -0.4 is 0 Å². The highest BCUT2D eigenvalue weighted by Gasteiger charge is 2.15. The maximum absolute atomic E-state index is 8.97. The van der Waals surface area contributed by atoms with Crippen LogP contribution in [-0.4, -0.2) is 23.1 Å². The van der Waals surface area contributed by atoms with E-state index in [9.17, 15) is 0 Å². The first kappa shape index (κ1) is 7.35. The second-order valence-electron chi connectivity index (χ2n) is 1.88. The number of rotatable bonds is 2. The summed E-state index contributed by atoms with van der Waals surface area (Å²) in [5, 5.41) is 0. The first-order valence-corrected chi connectivity index (χ1v) is 7.27. The third kappa shape index (κ3) is 6.35. The molecule has 7 heavy (non-hydrogen) atoms. The van der Waals surface area contributed by atoms with Gasteiger partial charge in [-0.15, -0.1) is 0 Å². The molecule has 0 spiro atoms. The van der Waals surface area contributed by atoms with Crippen molar-refractivity contribution in [2.45, 2.75) is 19.6 Å². The van der Waals surface area contributed by atoms with Crippen molar-refractivity contribution in [1.29, 1.82) is 0 Å². The largest absolute Gasteiger partial charge is 0.442 e. The van der Waals surface area contributed by atoms with E-state index in [0.717, 1.165) is 0 Å². The fourth-order valence-electron chi connectivity index (χ4n) is 0.353. The predicted molar refractivity (Wildman–Crippen MR) is 35.2 cm³/mol. The Bertz CT molecular complexity index is 49.4. The molecule has 0 atom stereocenters. The summed E-state index contributed by atoms with van der Waals surface area (Å²) in [6.07, 6.45) is 0. The minimum absolute atomic E-state index is 0.378. The van der Waals surface area contributed by atoms with Gasteiger partial charge in [-0.1, -0.05) is 6.55 Å². The van der Waals surface area contributed by atoms with Gasteiger partial charge in [0, 0.05) is 0 Å². The molecule has 0 bridgehead atoms. The van der Waals surface area contributed by atoms with E-state index in [4.69, 9.17) is 8.91 Å². The molecule has 0 unspecified atom stereocenters. The Kier molecular flexibility index (Phi) is 2.74. The third-order valence-corrected chi connectivity index (χ3v) is 4.48. The van der Waals surface area contributed by atoms with Crippen LogP contribution >= 0.6 is 0 Å². The van der Waals surface area contributed by atoms with E-state index in [1.165, 1.54) is 0 Å². The molecule has 0 aromatic carbocycles. The van der Waals surface area contributed by atoms with Crippen LogP contribution in [0.3, 0.4) is 0 Å². The van der Waals surface area contributed by atoms with Crippen LogP contribution in [-0.2, 0) is 4.12 Å². The molecule has 0 radical (unpaired) electrons. The summed E-state index contributed by atoms with van der Waals surface area (Å²) in [6.45, 7) is 5.58. The second kappa shape index (κ2) is 2.61. The van der Waals surface area contributed by atoms with Crippen LogP contribution in [0.4, 0.5) is 0 Å². The van der Waals surface area contributed by atoms with Crippen molar-refractivity contribution in [2.75, 3.05) is 0 Å².